The van der Waals surface area contributed by atoms with Gasteiger partial charge in [-0.25, -0.2) is 0 Å². The first-order chi connectivity index (χ1) is 12.7. The Bertz CT molecular complexity index is 944. The lowest BCUT2D eigenvalue weighted by atomic mass is 9.59. The van der Waals surface area contributed by atoms with E-state index in [2.05, 4.69) is 59.0 Å². The number of aryl methyl sites for hydroxylation is 1. The number of benzene rings is 2. The quantitative estimate of drug-likeness (QED) is 0.781. The summed E-state index contributed by atoms with van der Waals surface area (Å²) in [5.74, 6) is 1.24. The minimum atomic E-state index is -0.186. The molecule has 26 heavy (non-hydrogen) atoms. The van der Waals surface area contributed by atoms with Crippen LogP contribution in [0.15, 0.2) is 59.1 Å². The minimum Gasteiger partial charge on any atom is -0.351 e. The highest BCUT2D eigenvalue weighted by molar-refractivity contribution is 5.91. The van der Waals surface area contributed by atoms with Crippen LogP contribution in [0.2, 0.25) is 0 Å². The van der Waals surface area contributed by atoms with Crippen molar-refractivity contribution in [1.29, 1.82) is 0 Å². The van der Waals surface area contributed by atoms with Crippen molar-refractivity contribution in [3.63, 3.8) is 0 Å². The first kappa shape index (κ1) is 15.4. The minimum absolute atomic E-state index is 0.186. The Labute approximate surface area is 152 Å². The van der Waals surface area contributed by atoms with Gasteiger partial charge in [-0.05, 0) is 41.5 Å². The molecule has 0 radical (unpaired) electrons. The lowest BCUT2D eigenvalue weighted by Gasteiger charge is -2.45. The fourth-order valence-corrected chi connectivity index (χ4v) is 4.74. The molecule has 0 fully saturated rings. The Balaban J connectivity index is 1.44. The normalized spacial score (nSPS) is 22.6. The second-order valence-corrected chi connectivity index (χ2v) is 7.33. The van der Waals surface area contributed by atoms with Gasteiger partial charge in [-0.3, -0.25) is 4.79 Å². The Morgan fingerprint density at radius 1 is 1.08 bits per heavy atom. The molecule has 2 bridgehead atoms. The molecule has 0 saturated heterocycles. The van der Waals surface area contributed by atoms with E-state index in [4.69, 9.17) is 4.52 Å². The van der Waals surface area contributed by atoms with Crippen LogP contribution in [-0.2, 0) is 0 Å². The smallest absolute Gasteiger partial charge is 0.289 e. The molecular weight excluding hydrogens is 324 g/mol. The summed E-state index contributed by atoms with van der Waals surface area (Å²) >= 11 is 0. The number of carbonyl (C=O) groups excluding carboxylic acids is 1. The van der Waals surface area contributed by atoms with Gasteiger partial charge in [-0.15, -0.1) is 0 Å². The zero-order valence-electron chi connectivity index (χ0n) is 14.6. The van der Waals surface area contributed by atoms with Crippen LogP contribution in [0, 0.1) is 12.8 Å². The first-order valence-electron chi connectivity index (χ1n) is 9.11. The number of hydrogen-bond acceptors (Lipinski definition) is 3. The highest BCUT2D eigenvalue weighted by Gasteiger charge is 2.42. The molecule has 3 aromatic rings. The summed E-state index contributed by atoms with van der Waals surface area (Å²) in [6.07, 6.45) is 1.06. The van der Waals surface area contributed by atoms with Gasteiger partial charge in [0.05, 0.1) is 5.69 Å². The molecule has 1 amide bonds. The van der Waals surface area contributed by atoms with Gasteiger partial charge in [-0.2, -0.15) is 0 Å². The summed E-state index contributed by atoms with van der Waals surface area (Å²) in [4.78, 5) is 12.4. The number of hydrogen-bond donors (Lipinski definition) is 1. The van der Waals surface area contributed by atoms with Crippen LogP contribution in [0.25, 0.3) is 0 Å². The van der Waals surface area contributed by atoms with Crippen molar-refractivity contribution in [2.24, 2.45) is 5.92 Å². The van der Waals surface area contributed by atoms with Gasteiger partial charge < -0.3 is 9.84 Å². The van der Waals surface area contributed by atoms with Crippen LogP contribution in [0.1, 0.15) is 56.8 Å². The summed E-state index contributed by atoms with van der Waals surface area (Å²) in [5, 5.41) is 6.85. The maximum absolute atomic E-state index is 12.4. The molecule has 3 aliphatic carbocycles. The van der Waals surface area contributed by atoms with Crippen molar-refractivity contribution < 1.29 is 9.32 Å². The van der Waals surface area contributed by atoms with E-state index < -0.39 is 0 Å². The number of nitrogens with zero attached hydrogens (tertiary/aromatic N) is 1. The van der Waals surface area contributed by atoms with E-state index >= 15 is 0 Å². The van der Waals surface area contributed by atoms with E-state index in [1.165, 1.54) is 22.3 Å². The largest absolute Gasteiger partial charge is 0.351 e. The molecule has 0 aliphatic heterocycles. The molecule has 3 aliphatic rings. The highest BCUT2D eigenvalue weighted by atomic mass is 16.5. The topological polar surface area (TPSA) is 55.1 Å². The lowest BCUT2D eigenvalue weighted by molar-refractivity contribution is 0.0906. The molecule has 1 N–H and O–H groups in total. The van der Waals surface area contributed by atoms with Crippen LogP contribution < -0.4 is 5.32 Å². The maximum Gasteiger partial charge on any atom is 0.289 e. The Morgan fingerprint density at radius 3 is 2.27 bits per heavy atom. The van der Waals surface area contributed by atoms with E-state index in [0.717, 1.165) is 12.1 Å². The van der Waals surface area contributed by atoms with Crippen molar-refractivity contribution in [3.8, 4) is 0 Å². The summed E-state index contributed by atoms with van der Waals surface area (Å²) in [6.45, 7) is 2.46. The predicted octanol–water partition coefficient (Wildman–Crippen LogP) is 4.01. The van der Waals surface area contributed by atoms with Gasteiger partial charge in [0.2, 0.25) is 5.76 Å². The summed E-state index contributed by atoms with van der Waals surface area (Å²) < 4.78 is 5.08. The number of aromatic nitrogens is 1. The highest BCUT2D eigenvalue weighted by Crippen LogP contribution is 2.55. The molecule has 1 heterocycles. The van der Waals surface area contributed by atoms with Gasteiger partial charge in [-0.1, -0.05) is 53.7 Å². The second kappa shape index (κ2) is 5.84. The molecule has 0 spiro atoms. The van der Waals surface area contributed by atoms with Gasteiger partial charge >= 0.3 is 0 Å². The standard InChI is InChI=1S/C22H20N2O2/c1-13-10-20(26-24-13)22(25)23-12-14-11-19-15-6-2-4-8-17(15)21(14)18-9-5-3-7-16(18)19/h2-10,14,19,21H,11-12H2,1H3,(H,23,25). The summed E-state index contributed by atoms with van der Waals surface area (Å²) in [6, 6.07) is 19.2. The van der Waals surface area contributed by atoms with E-state index in [9.17, 15) is 4.79 Å². The van der Waals surface area contributed by atoms with Crippen molar-refractivity contribution >= 4 is 5.91 Å². The third kappa shape index (κ3) is 2.29. The molecule has 1 unspecified atom stereocenters. The summed E-state index contributed by atoms with van der Waals surface area (Å²) in [7, 11) is 0. The molecule has 4 heteroatoms. The van der Waals surface area contributed by atoms with Gasteiger partial charge in [0.15, 0.2) is 0 Å². The van der Waals surface area contributed by atoms with E-state index in [1.807, 2.05) is 6.92 Å². The van der Waals surface area contributed by atoms with Crippen LogP contribution in [-0.4, -0.2) is 17.6 Å². The SMILES string of the molecule is Cc1cc(C(=O)NCC2CC3c4ccccc4C2c2ccccc23)on1. The fraction of sp³-hybridized carbons (Fsp3) is 0.273. The van der Waals surface area contributed by atoms with E-state index in [0.29, 0.717) is 24.3 Å². The molecule has 0 saturated carbocycles. The number of nitrogens with one attached hydrogen (secondary N) is 1. The third-order valence-corrected chi connectivity index (χ3v) is 5.80. The molecular formula is C22H20N2O2. The lowest BCUT2D eigenvalue weighted by Crippen LogP contribution is -2.39. The Hall–Kier alpha value is -2.88. The Kier molecular flexibility index (Phi) is 3.45. The second-order valence-electron chi connectivity index (χ2n) is 7.33. The van der Waals surface area contributed by atoms with Crippen molar-refractivity contribution in [1.82, 2.24) is 10.5 Å². The number of carbonyl (C=O) groups is 1. The van der Waals surface area contributed by atoms with Crippen LogP contribution >= 0.6 is 0 Å². The monoisotopic (exact) mass is 344 g/mol. The van der Waals surface area contributed by atoms with Crippen molar-refractivity contribution in [3.05, 3.63) is 88.3 Å². The Morgan fingerprint density at radius 2 is 1.69 bits per heavy atom. The maximum atomic E-state index is 12.4. The number of rotatable bonds is 3. The molecule has 1 aromatic heterocycles. The molecule has 130 valence electrons. The molecule has 6 rings (SSSR count). The zero-order valence-corrected chi connectivity index (χ0v) is 14.6. The van der Waals surface area contributed by atoms with Crippen molar-refractivity contribution in [2.75, 3.05) is 6.54 Å². The van der Waals surface area contributed by atoms with Gasteiger partial charge in [0.25, 0.3) is 5.91 Å². The molecule has 1 atom stereocenters. The van der Waals surface area contributed by atoms with Crippen molar-refractivity contribution in [2.45, 2.75) is 25.2 Å². The van der Waals surface area contributed by atoms with E-state index in [1.54, 1.807) is 6.07 Å². The van der Waals surface area contributed by atoms with Gasteiger partial charge in [0, 0.05) is 24.4 Å². The average Bonchev–Trinajstić information content (AvgIpc) is 3.13. The first-order valence-corrected chi connectivity index (χ1v) is 9.11. The number of fused-ring (bicyclic) bond motifs is 1. The predicted molar refractivity (Wildman–Crippen MR) is 98.3 cm³/mol. The number of amides is 1. The van der Waals surface area contributed by atoms with Crippen LogP contribution in [0.3, 0.4) is 0 Å². The van der Waals surface area contributed by atoms with Gasteiger partial charge in [0.1, 0.15) is 0 Å². The average molecular weight is 344 g/mol. The summed E-state index contributed by atoms with van der Waals surface area (Å²) in [5.41, 5.74) is 6.44. The fourth-order valence-electron chi connectivity index (χ4n) is 4.74. The molecule has 4 nitrogen and oxygen atoms in total. The van der Waals surface area contributed by atoms with Crippen LogP contribution in [0.5, 0.6) is 0 Å². The molecule has 2 aromatic carbocycles. The third-order valence-electron chi connectivity index (χ3n) is 5.80. The van der Waals surface area contributed by atoms with Crippen LogP contribution in [0.4, 0.5) is 0 Å². The zero-order chi connectivity index (χ0) is 17.7. The van der Waals surface area contributed by atoms with E-state index in [-0.39, 0.29) is 11.7 Å².